The number of hydrogen-bond acceptors (Lipinski definition) is 4. The van der Waals surface area contributed by atoms with E-state index in [0.29, 0.717) is 18.8 Å². The van der Waals surface area contributed by atoms with Gasteiger partial charge in [-0.2, -0.15) is 0 Å². The molecule has 0 aliphatic carbocycles. The second-order valence-corrected chi connectivity index (χ2v) is 4.81. The van der Waals surface area contributed by atoms with Crippen molar-refractivity contribution in [2.45, 2.75) is 6.42 Å². The summed E-state index contributed by atoms with van der Waals surface area (Å²) in [5.41, 5.74) is 2.12. The number of fused-ring (bicyclic) bond motifs is 1. The zero-order valence-electron chi connectivity index (χ0n) is 11.9. The van der Waals surface area contributed by atoms with Crippen molar-refractivity contribution >= 4 is 17.3 Å². The van der Waals surface area contributed by atoms with Crippen LogP contribution in [0.15, 0.2) is 42.6 Å². The molecule has 5 nitrogen and oxygen atoms in total. The van der Waals surface area contributed by atoms with Gasteiger partial charge < -0.3 is 15.0 Å². The van der Waals surface area contributed by atoms with E-state index in [2.05, 4.69) is 10.3 Å². The van der Waals surface area contributed by atoms with Crippen LogP contribution in [-0.4, -0.2) is 31.1 Å². The van der Waals surface area contributed by atoms with Gasteiger partial charge in [0.15, 0.2) is 0 Å². The van der Waals surface area contributed by atoms with Crippen molar-refractivity contribution < 1.29 is 9.53 Å². The Bertz CT molecular complexity index is 640. The number of anilines is 2. The highest BCUT2D eigenvalue weighted by Crippen LogP contribution is 2.31. The van der Waals surface area contributed by atoms with E-state index in [1.54, 1.807) is 17.2 Å². The molecule has 21 heavy (non-hydrogen) atoms. The molecule has 1 aliphatic heterocycles. The number of nitrogens with zero attached hydrogens (tertiary/aromatic N) is 2. The number of aromatic nitrogens is 1. The molecular formula is C16H17N3O2. The molecule has 2 heterocycles. The molecule has 5 heteroatoms. The first kappa shape index (κ1) is 13.4. The number of ether oxygens (including phenoxy) is 1. The zero-order chi connectivity index (χ0) is 14.7. The number of para-hydroxylation sites is 2. The number of amides is 1. The summed E-state index contributed by atoms with van der Waals surface area (Å²) >= 11 is 0. The molecule has 0 radical (unpaired) electrons. The number of hydrogen-bond donors (Lipinski definition) is 1. The molecule has 0 spiro atoms. The van der Waals surface area contributed by atoms with Crippen LogP contribution >= 0.6 is 0 Å². The van der Waals surface area contributed by atoms with E-state index in [4.69, 9.17) is 4.74 Å². The number of benzene rings is 1. The Hall–Kier alpha value is -2.56. The van der Waals surface area contributed by atoms with Gasteiger partial charge in [-0.15, -0.1) is 0 Å². The van der Waals surface area contributed by atoms with Gasteiger partial charge in [-0.1, -0.05) is 12.1 Å². The molecule has 0 unspecified atom stereocenters. The minimum absolute atomic E-state index is 0.101. The summed E-state index contributed by atoms with van der Waals surface area (Å²) in [4.78, 5) is 18.7. The monoisotopic (exact) mass is 283 g/mol. The first-order valence-electron chi connectivity index (χ1n) is 6.97. The lowest BCUT2D eigenvalue weighted by Gasteiger charge is -2.21. The fraction of sp³-hybridized carbons (Fsp3) is 0.250. The van der Waals surface area contributed by atoms with Crippen LogP contribution in [-0.2, 0) is 0 Å². The predicted molar refractivity (Wildman–Crippen MR) is 82.0 cm³/mol. The van der Waals surface area contributed by atoms with E-state index in [1.807, 2.05) is 37.4 Å². The average molecular weight is 283 g/mol. The highest BCUT2D eigenvalue weighted by Gasteiger charge is 2.23. The van der Waals surface area contributed by atoms with Crippen LogP contribution in [0.1, 0.15) is 16.9 Å². The molecular weight excluding hydrogens is 266 g/mol. The van der Waals surface area contributed by atoms with Crippen molar-refractivity contribution in [1.29, 1.82) is 0 Å². The normalized spacial score (nSPS) is 13.9. The third-order valence-corrected chi connectivity index (χ3v) is 3.46. The molecule has 0 saturated heterocycles. The SMILES string of the molecule is CNc1ccc(C(=O)N2CCCOc3ccccc32)nc1. The summed E-state index contributed by atoms with van der Waals surface area (Å²) in [6.07, 6.45) is 2.46. The van der Waals surface area contributed by atoms with E-state index in [-0.39, 0.29) is 5.91 Å². The van der Waals surface area contributed by atoms with Crippen molar-refractivity contribution in [3.05, 3.63) is 48.3 Å². The molecule has 0 saturated carbocycles. The van der Waals surface area contributed by atoms with Crippen molar-refractivity contribution in [3.63, 3.8) is 0 Å². The second-order valence-electron chi connectivity index (χ2n) is 4.81. The van der Waals surface area contributed by atoms with Crippen molar-refractivity contribution in [2.75, 3.05) is 30.4 Å². The van der Waals surface area contributed by atoms with Gasteiger partial charge in [0.05, 0.1) is 24.2 Å². The average Bonchev–Trinajstić information content (AvgIpc) is 2.77. The fourth-order valence-electron chi connectivity index (χ4n) is 2.34. The van der Waals surface area contributed by atoms with Gasteiger partial charge in [0.2, 0.25) is 0 Å². The maximum absolute atomic E-state index is 12.7. The molecule has 1 aliphatic rings. The first-order chi connectivity index (χ1) is 10.3. The summed E-state index contributed by atoms with van der Waals surface area (Å²) < 4.78 is 5.68. The van der Waals surface area contributed by atoms with Gasteiger partial charge in [-0.3, -0.25) is 4.79 Å². The lowest BCUT2D eigenvalue weighted by atomic mass is 10.2. The number of carbonyl (C=O) groups excluding carboxylic acids is 1. The molecule has 1 amide bonds. The van der Waals surface area contributed by atoms with E-state index in [1.165, 1.54) is 0 Å². The molecule has 2 aromatic rings. The summed E-state index contributed by atoms with van der Waals surface area (Å²) in [7, 11) is 1.82. The van der Waals surface area contributed by atoms with Crippen LogP contribution < -0.4 is 15.0 Å². The zero-order valence-corrected chi connectivity index (χ0v) is 11.9. The quantitative estimate of drug-likeness (QED) is 0.920. The molecule has 0 atom stereocenters. The number of rotatable bonds is 2. The molecule has 1 N–H and O–H groups in total. The smallest absolute Gasteiger partial charge is 0.276 e. The van der Waals surface area contributed by atoms with Gasteiger partial charge in [0, 0.05) is 13.6 Å². The van der Waals surface area contributed by atoms with Crippen LogP contribution in [0.4, 0.5) is 11.4 Å². The second kappa shape index (κ2) is 5.83. The van der Waals surface area contributed by atoms with E-state index in [9.17, 15) is 4.79 Å². The minimum atomic E-state index is -0.101. The van der Waals surface area contributed by atoms with Crippen molar-refractivity contribution in [3.8, 4) is 5.75 Å². The molecule has 1 aromatic heterocycles. The molecule has 3 rings (SSSR count). The largest absolute Gasteiger partial charge is 0.491 e. The Kier molecular flexibility index (Phi) is 3.73. The Labute approximate surface area is 123 Å². The summed E-state index contributed by atoms with van der Waals surface area (Å²) in [6.45, 7) is 1.25. The minimum Gasteiger partial charge on any atom is -0.491 e. The summed E-state index contributed by atoms with van der Waals surface area (Å²) in [5, 5.41) is 2.99. The first-order valence-corrected chi connectivity index (χ1v) is 6.97. The van der Waals surface area contributed by atoms with E-state index >= 15 is 0 Å². The van der Waals surface area contributed by atoms with Gasteiger partial charge in [0.25, 0.3) is 5.91 Å². The molecule has 1 aromatic carbocycles. The predicted octanol–water partition coefficient (Wildman–Crippen LogP) is 2.55. The Morgan fingerprint density at radius 1 is 1.29 bits per heavy atom. The Morgan fingerprint density at radius 2 is 2.14 bits per heavy atom. The lowest BCUT2D eigenvalue weighted by Crippen LogP contribution is -2.32. The molecule has 0 bridgehead atoms. The molecule has 108 valence electrons. The maximum atomic E-state index is 12.7. The van der Waals surface area contributed by atoms with Gasteiger partial charge in [-0.05, 0) is 30.7 Å². The van der Waals surface area contributed by atoms with E-state index < -0.39 is 0 Å². The standard InChI is InChI=1S/C16H17N3O2/c1-17-12-7-8-13(18-11-12)16(20)19-9-4-10-21-15-6-3-2-5-14(15)19/h2-3,5-8,11,17H,4,9-10H2,1H3. The third kappa shape index (κ3) is 2.67. The van der Waals surface area contributed by atoms with Crippen molar-refractivity contribution in [2.24, 2.45) is 0 Å². The van der Waals surface area contributed by atoms with Gasteiger partial charge >= 0.3 is 0 Å². The Morgan fingerprint density at radius 3 is 2.90 bits per heavy atom. The Balaban J connectivity index is 1.93. The maximum Gasteiger partial charge on any atom is 0.276 e. The highest BCUT2D eigenvalue weighted by molar-refractivity contribution is 6.05. The lowest BCUT2D eigenvalue weighted by molar-refractivity contribution is 0.0982. The number of carbonyl (C=O) groups is 1. The topological polar surface area (TPSA) is 54.5 Å². The highest BCUT2D eigenvalue weighted by atomic mass is 16.5. The van der Waals surface area contributed by atoms with E-state index in [0.717, 1.165) is 23.5 Å². The van der Waals surface area contributed by atoms with Crippen LogP contribution in [0.25, 0.3) is 0 Å². The summed E-state index contributed by atoms with van der Waals surface area (Å²) in [6, 6.07) is 11.2. The number of pyridine rings is 1. The fourth-order valence-corrected chi connectivity index (χ4v) is 2.34. The number of nitrogens with one attached hydrogen (secondary N) is 1. The third-order valence-electron chi connectivity index (χ3n) is 3.46. The summed E-state index contributed by atoms with van der Waals surface area (Å²) in [5.74, 6) is 0.644. The van der Waals surface area contributed by atoms with Crippen LogP contribution in [0.5, 0.6) is 5.75 Å². The molecule has 0 fully saturated rings. The van der Waals surface area contributed by atoms with Gasteiger partial charge in [0.1, 0.15) is 11.4 Å². The van der Waals surface area contributed by atoms with Crippen molar-refractivity contribution in [1.82, 2.24) is 4.98 Å². The van der Waals surface area contributed by atoms with Crippen LogP contribution in [0.2, 0.25) is 0 Å². The van der Waals surface area contributed by atoms with Crippen LogP contribution in [0, 0.1) is 0 Å². The van der Waals surface area contributed by atoms with Crippen LogP contribution in [0.3, 0.4) is 0 Å². The van der Waals surface area contributed by atoms with Gasteiger partial charge in [-0.25, -0.2) is 4.98 Å².